The van der Waals surface area contributed by atoms with Crippen LogP contribution in [0.5, 0.6) is 0 Å². The van der Waals surface area contributed by atoms with Gasteiger partial charge in [0.25, 0.3) is 0 Å². The number of benzene rings is 2. The number of thiol groups is 1. The molecule has 0 aromatic heterocycles. The van der Waals surface area contributed by atoms with Crippen molar-refractivity contribution < 1.29 is 0 Å². The Kier molecular flexibility index (Phi) is 10.9. The predicted molar refractivity (Wildman–Crippen MR) is 126 cm³/mol. The summed E-state index contributed by atoms with van der Waals surface area (Å²) in [5.41, 5.74) is 6.54. The van der Waals surface area contributed by atoms with Crippen molar-refractivity contribution in [3.05, 3.63) is 78.4 Å². The van der Waals surface area contributed by atoms with Gasteiger partial charge in [0.1, 0.15) is 0 Å². The highest BCUT2D eigenvalue weighted by Gasteiger charge is 2.12. The van der Waals surface area contributed by atoms with E-state index >= 15 is 0 Å². The molecule has 2 aromatic rings. The van der Waals surface area contributed by atoms with Crippen LogP contribution >= 0.6 is 12.6 Å². The highest BCUT2D eigenvalue weighted by Crippen LogP contribution is 2.33. The van der Waals surface area contributed by atoms with Crippen LogP contribution in [0.1, 0.15) is 69.6 Å². The Balaban J connectivity index is 0.000000828. The molecule has 0 spiro atoms. The van der Waals surface area contributed by atoms with Crippen molar-refractivity contribution in [2.75, 3.05) is 0 Å². The van der Waals surface area contributed by atoms with Gasteiger partial charge in [0.2, 0.25) is 0 Å². The minimum absolute atomic E-state index is 0.543. The second-order valence-corrected chi connectivity index (χ2v) is 7.54. The Bertz CT molecular complexity index is 725. The van der Waals surface area contributed by atoms with E-state index in [1.165, 1.54) is 40.7 Å². The molecule has 1 unspecified atom stereocenters. The van der Waals surface area contributed by atoms with Gasteiger partial charge in [-0.05, 0) is 65.1 Å². The van der Waals surface area contributed by atoms with Crippen LogP contribution in [0.15, 0.2) is 66.6 Å². The Morgan fingerprint density at radius 1 is 0.926 bits per heavy atom. The fourth-order valence-electron chi connectivity index (χ4n) is 2.87. The van der Waals surface area contributed by atoms with E-state index in [1.54, 1.807) is 0 Å². The van der Waals surface area contributed by atoms with Gasteiger partial charge >= 0.3 is 0 Å². The number of allylic oxidation sites excluding steroid dienone is 2. The van der Waals surface area contributed by atoms with Gasteiger partial charge in [-0.15, -0.1) is 25.8 Å². The van der Waals surface area contributed by atoms with Crippen molar-refractivity contribution >= 4 is 12.6 Å². The van der Waals surface area contributed by atoms with E-state index in [-0.39, 0.29) is 0 Å². The fourth-order valence-corrected chi connectivity index (χ4v) is 3.10. The van der Waals surface area contributed by atoms with Crippen LogP contribution in [0.4, 0.5) is 0 Å². The van der Waals surface area contributed by atoms with E-state index in [4.69, 9.17) is 0 Å². The summed E-state index contributed by atoms with van der Waals surface area (Å²) in [5, 5.41) is 0. The standard InChI is InChI=1S/C22H26S.C4H10/c1-5-8-17-10-12-20(16(4)7-3)21(14-17)18-11-13-22(23)19(15-18)9-6-2;1-3-4-2/h5-6,10-16,23H,1-2,7-9H2,3-4H3;3-4H2,1-2H3. The molecule has 27 heavy (non-hydrogen) atoms. The molecule has 0 aliphatic rings. The number of unbranched alkanes of at least 4 members (excludes halogenated alkanes) is 1. The molecule has 0 fully saturated rings. The van der Waals surface area contributed by atoms with E-state index in [0.29, 0.717) is 5.92 Å². The van der Waals surface area contributed by atoms with Gasteiger partial charge in [0.05, 0.1) is 0 Å². The molecular formula is C26H36S. The number of hydrogen-bond donors (Lipinski definition) is 1. The average molecular weight is 381 g/mol. The van der Waals surface area contributed by atoms with Gasteiger partial charge in [-0.25, -0.2) is 0 Å². The highest BCUT2D eigenvalue weighted by molar-refractivity contribution is 7.80. The lowest BCUT2D eigenvalue weighted by atomic mass is 9.87. The summed E-state index contributed by atoms with van der Waals surface area (Å²) < 4.78 is 0. The monoisotopic (exact) mass is 380 g/mol. The predicted octanol–water partition coefficient (Wildman–Crippen LogP) is 8.42. The van der Waals surface area contributed by atoms with E-state index in [1.807, 2.05) is 12.2 Å². The molecule has 1 atom stereocenters. The molecule has 0 amide bonds. The Hall–Kier alpha value is -1.73. The third kappa shape index (κ3) is 7.07. The maximum absolute atomic E-state index is 4.57. The second kappa shape index (κ2) is 12.6. The van der Waals surface area contributed by atoms with Crippen molar-refractivity contribution in [1.82, 2.24) is 0 Å². The molecule has 0 heterocycles. The highest BCUT2D eigenvalue weighted by atomic mass is 32.1. The van der Waals surface area contributed by atoms with Crippen molar-refractivity contribution in [2.45, 2.75) is 70.6 Å². The largest absolute Gasteiger partial charge is 0.143 e. The molecule has 0 saturated carbocycles. The summed E-state index contributed by atoms with van der Waals surface area (Å²) in [6.45, 7) is 16.6. The van der Waals surface area contributed by atoms with Crippen LogP contribution in [0.25, 0.3) is 11.1 Å². The summed E-state index contributed by atoms with van der Waals surface area (Å²) in [6.07, 6.45) is 9.41. The van der Waals surface area contributed by atoms with Crippen molar-refractivity contribution in [1.29, 1.82) is 0 Å². The maximum atomic E-state index is 4.57. The SMILES string of the molecule is C=CCc1ccc(C(C)CC)c(-c2ccc(S)c(CC=C)c2)c1.CCCC. The first-order chi connectivity index (χ1) is 13.0. The van der Waals surface area contributed by atoms with Crippen LogP contribution in [0.2, 0.25) is 0 Å². The Labute approximate surface area is 172 Å². The first-order valence-corrected chi connectivity index (χ1v) is 10.6. The Morgan fingerprint density at radius 2 is 1.59 bits per heavy atom. The molecule has 1 heteroatoms. The smallest absolute Gasteiger partial charge is 0.00756 e. The average Bonchev–Trinajstić information content (AvgIpc) is 2.69. The summed E-state index contributed by atoms with van der Waals surface area (Å²) >= 11 is 4.57. The minimum atomic E-state index is 0.543. The van der Waals surface area contributed by atoms with E-state index in [2.05, 4.69) is 89.9 Å². The lowest BCUT2D eigenvalue weighted by Crippen LogP contribution is -1.98. The van der Waals surface area contributed by atoms with E-state index in [9.17, 15) is 0 Å². The van der Waals surface area contributed by atoms with Gasteiger partial charge in [-0.2, -0.15) is 0 Å². The van der Waals surface area contributed by atoms with Crippen molar-refractivity contribution in [3.63, 3.8) is 0 Å². The number of rotatable bonds is 8. The molecule has 0 radical (unpaired) electrons. The van der Waals surface area contributed by atoms with Gasteiger partial charge in [0, 0.05) is 4.90 Å². The molecule has 2 rings (SSSR count). The van der Waals surface area contributed by atoms with E-state index < -0.39 is 0 Å². The topological polar surface area (TPSA) is 0 Å². The number of hydrogen-bond acceptors (Lipinski definition) is 1. The maximum Gasteiger partial charge on any atom is 0.00756 e. The zero-order valence-electron chi connectivity index (χ0n) is 17.6. The molecule has 0 aliphatic carbocycles. The lowest BCUT2D eigenvalue weighted by Gasteiger charge is -2.18. The fraction of sp³-hybridized carbons (Fsp3) is 0.385. The van der Waals surface area contributed by atoms with Gasteiger partial charge in [-0.1, -0.05) is 77.0 Å². The molecular weight excluding hydrogens is 344 g/mol. The minimum Gasteiger partial charge on any atom is -0.143 e. The second-order valence-electron chi connectivity index (χ2n) is 7.06. The summed E-state index contributed by atoms with van der Waals surface area (Å²) in [7, 11) is 0. The van der Waals surface area contributed by atoms with Gasteiger partial charge in [0.15, 0.2) is 0 Å². The van der Waals surface area contributed by atoms with Crippen LogP contribution < -0.4 is 0 Å². The van der Waals surface area contributed by atoms with Crippen LogP contribution in [0.3, 0.4) is 0 Å². The van der Waals surface area contributed by atoms with Crippen LogP contribution in [-0.4, -0.2) is 0 Å². The first kappa shape index (κ1) is 23.3. The molecule has 146 valence electrons. The quantitative estimate of drug-likeness (QED) is 0.345. The van der Waals surface area contributed by atoms with Gasteiger partial charge in [-0.3, -0.25) is 0 Å². The van der Waals surface area contributed by atoms with Crippen molar-refractivity contribution in [3.8, 4) is 11.1 Å². The van der Waals surface area contributed by atoms with E-state index in [0.717, 1.165) is 24.2 Å². The lowest BCUT2D eigenvalue weighted by molar-refractivity contribution is 0.735. The molecule has 0 nitrogen and oxygen atoms in total. The first-order valence-electron chi connectivity index (χ1n) is 10.2. The molecule has 0 N–H and O–H groups in total. The summed E-state index contributed by atoms with van der Waals surface area (Å²) in [4.78, 5) is 1.03. The summed E-state index contributed by atoms with van der Waals surface area (Å²) in [5.74, 6) is 0.543. The third-order valence-electron chi connectivity index (χ3n) is 4.90. The van der Waals surface area contributed by atoms with Crippen molar-refractivity contribution in [2.24, 2.45) is 0 Å². The molecule has 2 aromatic carbocycles. The molecule has 0 saturated heterocycles. The Morgan fingerprint density at radius 3 is 2.15 bits per heavy atom. The zero-order valence-corrected chi connectivity index (χ0v) is 18.5. The molecule has 0 aliphatic heterocycles. The summed E-state index contributed by atoms with van der Waals surface area (Å²) in [6, 6.07) is 13.3. The normalized spacial score (nSPS) is 11.3. The third-order valence-corrected chi connectivity index (χ3v) is 5.33. The van der Waals surface area contributed by atoms with Gasteiger partial charge < -0.3 is 0 Å². The van der Waals surface area contributed by atoms with Crippen LogP contribution in [0, 0.1) is 0 Å². The van der Waals surface area contributed by atoms with Crippen LogP contribution in [-0.2, 0) is 12.8 Å². The molecule has 0 bridgehead atoms. The zero-order chi connectivity index (χ0) is 20.2.